The van der Waals surface area contributed by atoms with Crippen LogP contribution in [0.5, 0.6) is 0 Å². The number of carboxylic acid groups (broad SMARTS) is 1. The maximum Gasteiger partial charge on any atom is 0.308 e. The quantitative estimate of drug-likeness (QED) is 0.855. The monoisotopic (exact) mass is 252 g/mol. The van der Waals surface area contributed by atoms with Gasteiger partial charge in [-0.15, -0.1) is 0 Å². The highest BCUT2D eigenvalue weighted by atomic mass is 16.4. The van der Waals surface area contributed by atoms with Crippen LogP contribution < -0.4 is 0 Å². The van der Waals surface area contributed by atoms with Gasteiger partial charge in [0.05, 0.1) is 11.6 Å². The number of aliphatic carboxylic acids is 1. The third-order valence-corrected chi connectivity index (χ3v) is 3.43. The lowest BCUT2D eigenvalue weighted by molar-refractivity contribution is -0.142. The molecule has 1 N–H and O–H groups in total. The van der Waals surface area contributed by atoms with E-state index < -0.39 is 11.9 Å². The van der Waals surface area contributed by atoms with Crippen molar-refractivity contribution in [2.24, 2.45) is 5.92 Å². The molecular formula is C12H16N2O4. The van der Waals surface area contributed by atoms with Crippen LogP contribution in [0.3, 0.4) is 0 Å². The highest BCUT2D eigenvalue weighted by Gasteiger charge is 2.39. The van der Waals surface area contributed by atoms with Gasteiger partial charge in [-0.05, 0) is 20.3 Å². The van der Waals surface area contributed by atoms with Crippen LogP contribution in [0.2, 0.25) is 0 Å². The molecule has 1 aliphatic heterocycles. The largest absolute Gasteiger partial charge is 0.481 e. The fourth-order valence-corrected chi connectivity index (χ4v) is 2.42. The zero-order chi connectivity index (χ0) is 13.4. The maximum absolute atomic E-state index is 12.3. The van der Waals surface area contributed by atoms with Crippen LogP contribution in [0.1, 0.15) is 35.5 Å². The zero-order valence-corrected chi connectivity index (χ0v) is 10.6. The molecule has 0 spiro atoms. The van der Waals surface area contributed by atoms with E-state index in [0.717, 1.165) is 0 Å². The standard InChI is InChI=1S/C12H16N2O4/c1-6-10(18-8(3)13-6)11(15)14-5-4-9(7(14)2)12(16)17/h7,9H,4-5H2,1-3H3,(H,16,17). The number of likely N-dealkylation sites (tertiary alicyclic amines) is 1. The number of carbonyl (C=O) groups excluding carboxylic acids is 1. The lowest BCUT2D eigenvalue weighted by atomic mass is 10.0. The molecular weight excluding hydrogens is 236 g/mol. The average molecular weight is 252 g/mol. The van der Waals surface area contributed by atoms with Crippen LogP contribution in [0.15, 0.2) is 4.42 Å². The number of hydrogen-bond donors (Lipinski definition) is 1. The van der Waals surface area contributed by atoms with Crippen LogP contribution in [-0.4, -0.2) is 39.5 Å². The lowest BCUT2D eigenvalue weighted by Crippen LogP contribution is -2.37. The molecule has 18 heavy (non-hydrogen) atoms. The van der Waals surface area contributed by atoms with Gasteiger partial charge in [-0.2, -0.15) is 0 Å². The summed E-state index contributed by atoms with van der Waals surface area (Å²) in [5.41, 5.74) is 0.545. The van der Waals surface area contributed by atoms with Crippen molar-refractivity contribution >= 4 is 11.9 Å². The van der Waals surface area contributed by atoms with Crippen molar-refractivity contribution in [2.45, 2.75) is 33.2 Å². The molecule has 2 heterocycles. The van der Waals surface area contributed by atoms with Gasteiger partial charge in [0.15, 0.2) is 5.89 Å². The number of rotatable bonds is 2. The first-order chi connectivity index (χ1) is 8.41. The summed E-state index contributed by atoms with van der Waals surface area (Å²) in [4.78, 5) is 28.9. The van der Waals surface area contributed by atoms with E-state index in [1.54, 1.807) is 25.7 Å². The Morgan fingerprint density at radius 1 is 1.44 bits per heavy atom. The van der Waals surface area contributed by atoms with Crippen molar-refractivity contribution in [3.8, 4) is 0 Å². The third kappa shape index (κ3) is 1.98. The minimum absolute atomic E-state index is 0.213. The van der Waals surface area contributed by atoms with Crippen molar-refractivity contribution in [3.63, 3.8) is 0 Å². The summed E-state index contributed by atoms with van der Waals surface area (Å²) in [7, 11) is 0. The number of aryl methyl sites for hydroxylation is 2. The summed E-state index contributed by atoms with van der Waals surface area (Å²) in [5.74, 6) is -0.978. The first-order valence-corrected chi connectivity index (χ1v) is 5.89. The SMILES string of the molecule is Cc1nc(C)c(C(=O)N2CCC(C(=O)O)C2C)o1. The molecule has 1 aromatic heterocycles. The summed E-state index contributed by atoms with van der Waals surface area (Å²) in [5, 5.41) is 9.04. The Hall–Kier alpha value is -1.85. The van der Waals surface area contributed by atoms with Crippen LogP contribution in [0.25, 0.3) is 0 Å². The normalized spacial score (nSPS) is 23.4. The second-order valence-corrected chi connectivity index (χ2v) is 4.62. The van der Waals surface area contributed by atoms with E-state index in [1.165, 1.54) is 0 Å². The van der Waals surface area contributed by atoms with E-state index >= 15 is 0 Å². The molecule has 1 aromatic rings. The van der Waals surface area contributed by atoms with E-state index in [4.69, 9.17) is 9.52 Å². The first-order valence-electron chi connectivity index (χ1n) is 5.89. The molecule has 1 fully saturated rings. The van der Waals surface area contributed by atoms with E-state index in [9.17, 15) is 9.59 Å². The molecule has 0 saturated carbocycles. The van der Waals surface area contributed by atoms with Gasteiger partial charge in [-0.3, -0.25) is 9.59 Å². The summed E-state index contributed by atoms with van der Waals surface area (Å²) in [6.07, 6.45) is 0.481. The number of oxazole rings is 1. The highest BCUT2D eigenvalue weighted by Crippen LogP contribution is 2.26. The molecule has 0 aliphatic carbocycles. The van der Waals surface area contributed by atoms with Crippen LogP contribution in [0, 0.1) is 19.8 Å². The average Bonchev–Trinajstić information content (AvgIpc) is 2.81. The number of aromatic nitrogens is 1. The topological polar surface area (TPSA) is 83.6 Å². The Morgan fingerprint density at radius 3 is 2.56 bits per heavy atom. The number of carboxylic acids is 1. The van der Waals surface area contributed by atoms with Crippen molar-refractivity contribution in [1.29, 1.82) is 0 Å². The van der Waals surface area contributed by atoms with Crippen LogP contribution in [0.4, 0.5) is 0 Å². The minimum atomic E-state index is -0.858. The van der Waals surface area contributed by atoms with Gasteiger partial charge in [-0.25, -0.2) is 4.98 Å². The number of amides is 1. The smallest absolute Gasteiger partial charge is 0.308 e. The van der Waals surface area contributed by atoms with Crippen molar-refractivity contribution in [2.75, 3.05) is 6.54 Å². The summed E-state index contributed by atoms with van der Waals surface area (Å²) >= 11 is 0. The molecule has 0 bridgehead atoms. The number of hydrogen-bond acceptors (Lipinski definition) is 4. The van der Waals surface area contributed by atoms with E-state index in [-0.39, 0.29) is 17.7 Å². The lowest BCUT2D eigenvalue weighted by Gasteiger charge is -2.22. The van der Waals surface area contributed by atoms with Crippen molar-refractivity contribution in [3.05, 3.63) is 17.3 Å². The Bertz CT molecular complexity index is 494. The molecule has 98 valence electrons. The molecule has 0 radical (unpaired) electrons. The molecule has 1 saturated heterocycles. The molecule has 2 rings (SSSR count). The Morgan fingerprint density at radius 2 is 2.11 bits per heavy atom. The summed E-state index contributed by atoms with van der Waals surface area (Å²) in [6.45, 7) is 5.58. The molecule has 2 atom stereocenters. The maximum atomic E-state index is 12.3. The Balaban J connectivity index is 2.21. The van der Waals surface area contributed by atoms with Gasteiger partial charge in [0.2, 0.25) is 5.76 Å². The van der Waals surface area contributed by atoms with Crippen molar-refractivity contribution < 1.29 is 19.1 Å². The van der Waals surface area contributed by atoms with Gasteiger partial charge in [0.1, 0.15) is 0 Å². The van der Waals surface area contributed by atoms with Gasteiger partial charge in [0, 0.05) is 19.5 Å². The number of carbonyl (C=O) groups is 2. The zero-order valence-electron chi connectivity index (χ0n) is 10.6. The molecule has 1 aliphatic rings. The van der Waals surface area contributed by atoms with Gasteiger partial charge < -0.3 is 14.4 Å². The first kappa shape index (κ1) is 12.6. The molecule has 1 amide bonds. The third-order valence-electron chi connectivity index (χ3n) is 3.43. The molecule has 6 heteroatoms. The second-order valence-electron chi connectivity index (χ2n) is 4.62. The fourth-order valence-electron chi connectivity index (χ4n) is 2.42. The van der Waals surface area contributed by atoms with Gasteiger partial charge >= 0.3 is 5.97 Å². The van der Waals surface area contributed by atoms with Crippen LogP contribution >= 0.6 is 0 Å². The predicted molar refractivity (Wildman–Crippen MR) is 62.2 cm³/mol. The minimum Gasteiger partial charge on any atom is -0.481 e. The van der Waals surface area contributed by atoms with E-state index in [2.05, 4.69) is 4.98 Å². The fraction of sp³-hybridized carbons (Fsp3) is 0.583. The second kappa shape index (κ2) is 4.44. The summed E-state index contributed by atoms with van der Waals surface area (Å²) in [6, 6.07) is -0.320. The highest BCUT2D eigenvalue weighted by molar-refractivity contribution is 5.93. The van der Waals surface area contributed by atoms with Crippen molar-refractivity contribution in [1.82, 2.24) is 9.88 Å². The molecule has 6 nitrogen and oxygen atoms in total. The number of nitrogens with zero attached hydrogens (tertiary/aromatic N) is 2. The molecule has 0 aromatic carbocycles. The Labute approximate surface area is 105 Å². The molecule has 2 unspecified atom stereocenters. The predicted octanol–water partition coefficient (Wildman–Crippen LogP) is 1.23. The summed E-state index contributed by atoms with van der Waals surface area (Å²) < 4.78 is 5.28. The Kier molecular flexibility index (Phi) is 3.11. The van der Waals surface area contributed by atoms with Gasteiger partial charge in [0.25, 0.3) is 5.91 Å². The van der Waals surface area contributed by atoms with Crippen LogP contribution in [-0.2, 0) is 4.79 Å². The van der Waals surface area contributed by atoms with E-state index in [1.807, 2.05) is 0 Å². The van der Waals surface area contributed by atoms with E-state index in [0.29, 0.717) is 24.6 Å². The van der Waals surface area contributed by atoms with Gasteiger partial charge in [-0.1, -0.05) is 0 Å².